The highest BCUT2D eigenvalue weighted by Crippen LogP contribution is 2.38. The van der Waals surface area contributed by atoms with Crippen molar-refractivity contribution in [2.75, 3.05) is 12.5 Å². The summed E-state index contributed by atoms with van der Waals surface area (Å²) in [5.74, 6) is -1.50. The molecular weight excluding hydrogens is 576 g/mol. The lowest BCUT2D eigenvalue weighted by molar-refractivity contribution is -0.162. The molecule has 0 aromatic heterocycles. The van der Waals surface area contributed by atoms with E-state index in [1.807, 2.05) is 12.1 Å². The number of halogens is 1. The van der Waals surface area contributed by atoms with E-state index in [2.05, 4.69) is 46.9 Å². The Balaban J connectivity index is 3.35. The van der Waals surface area contributed by atoms with Crippen LogP contribution in [0.2, 0.25) is 18.1 Å². The number of allylic oxidation sites excluding steroid dienone is 2. The van der Waals surface area contributed by atoms with Crippen molar-refractivity contribution in [3.8, 4) is 0 Å². The molecular formula is C32H51ClO6SSi. The third-order valence-corrected chi connectivity index (χ3v) is 13.5. The smallest absolute Gasteiger partial charge is 0.321 e. The quantitative estimate of drug-likeness (QED) is 0.0608. The summed E-state index contributed by atoms with van der Waals surface area (Å²) in [6.45, 7) is 18.3. The highest BCUT2D eigenvalue weighted by molar-refractivity contribution is 7.86. The van der Waals surface area contributed by atoms with Gasteiger partial charge in [0, 0.05) is 4.90 Å². The van der Waals surface area contributed by atoms with Gasteiger partial charge in [0.2, 0.25) is 0 Å². The van der Waals surface area contributed by atoms with E-state index < -0.39 is 47.8 Å². The van der Waals surface area contributed by atoms with Crippen LogP contribution in [-0.2, 0) is 34.3 Å². The van der Waals surface area contributed by atoms with Crippen molar-refractivity contribution < 1.29 is 27.7 Å². The normalized spacial score (nSPS) is 16.0. The SMILES string of the molecule is CCCCC[C@H](/C=C/C=C/[C@H]([C@@H](COC(=O)C(C)(C)C)OC(=O)CCl)S(=O)c1ccccc1)O[Si](C)(C)C(C)(C)C. The van der Waals surface area contributed by atoms with Crippen molar-refractivity contribution in [3.63, 3.8) is 0 Å². The van der Waals surface area contributed by atoms with Crippen molar-refractivity contribution >= 4 is 42.7 Å². The van der Waals surface area contributed by atoms with Gasteiger partial charge in [-0.15, -0.1) is 11.6 Å². The fraction of sp³-hybridized carbons (Fsp3) is 0.625. The molecule has 9 heteroatoms. The van der Waals surface area contributed by atoms with Crippen molar-refractivity contribution in [1.82, 2.24) is 0 Å². The van der Waals surface area contributed by atoms with Crippen LogP contribution in [0.25, 0.3) is 0 Å². The molecule has 1 rings (SSSR count). The van der Waals surface area contributed by atoms with Crippen LogP contribution in [0.1, 0.15) is 74.1 Å². The molecule has 1 aromatic rings. The summed E-state index contributed by atoms with van der Waals surface area (Å²) in [6, 6.07) is 8.95. The Labute approximate surface area is 256 Å². The van der Waals surface area contributed by atoms with Crippen LogP contribution in [0.3, 0.4) is 0 Å². The van der Waals surface area contributed by atoms with Crippen LogP contribution < -0.4 is 0 Å². The van der Waals surface area contributed by atoms with Crippen LogP contribution >= 0.6 is 11.6 Å². The fourth-order valence-electron chi connectivity index (χ4n) is 3.52. The van der Waals surface area contributed by atoms with E-state index in [0.29, 0.717) is 4.90 Å². The molecule has 0 amide bonds. The highest BCUT2D eigenvalue weighted by Gasteiger charge is 2.38. The van der Waals surface area contributed by atoms with E-state index in [0.717, 1.165) is 25.7 Å². The number of hydrogen-bond acceptors (Lipinski definition) is 6. The number of esters is 2. The first-order valence-electron chi connectivity index (χ1n) is 14.4. The third-order valence-electron chi connectivity index (χ3n) is 7.05. The van der Waals surface area contributed by atoms with Crippen molar-refractivity contribution in [3.05, 3.63) is 54.6 Å². The van der Waals surface area contributed by atoms with Crippen LogP contribution in [-0.4, -0.2) is 54.4 Å². The molecule has 1 aromatic carbocycles. The van der Waals surface area contributed by atoms with Gasteiger partial charge in [0.05, 0.1) is 27.6 Å². The lowest BCUT2D eigenvalue weighted by atomic mass is 9.97. The molecule has 1 unspecified atom stereocenters. The maximum atomic E-state index is 13.8. The fourth-order valence-corrected chi connectivity index (χ4v) is 6.28. The molecule has 0 bridgehead atoms. The van der Waals surface area contributed by atoms with Gasteiger partial charge in [0.25, 0.3) is 0 Å². The molecule has 0 fully saturated rings. The topological polar surface area (TPSA) is 78.9 Å². The number of alkyl halides is 1. The second-order valence-electron chi connectivity index (χ2n) is 12.8. The Morgan fingerprint density at radius 2 is 1.61 bits per heavy atom. The number of ether oxygens (including phenoxy) is 2. The molecule has 0 spiro atoms. The monoisotopic (exact) mass is 626 g/mol. The van der Waals surface area contributed by atoms with E-state index >= 15 is 0 Å². The number of rotatable bonds is 16. The number of carbonyl (C=O) groups excluding carboxylic acids is 2. The zero-order chi connectivity index (χ0) is 31.3. The predicted molar refractivity (Wildman–Crippen MR) is 172 cm³/mol. The molecule has 0 aliphatic heterocycles. The maximum Gasteiger partial charge on any atom is 0.321 e. The Bertz CT molecular complexity index is 1030. The van der Waals surface area contributed by atoms with E-state index in [1.54, 1.807) is 57.2 Å². The summed E-state index contributed by atoms with van der Waals surface area (Å²) < 4.78 is 31.5. The average Bonchev–Trinajstić information content (AvgIpc) is 2.89. The van der Waals surface area contributed by atoms with Gasteiger partial charge in [-0.1, -0.05) is 89.5 Å². The Kier molecular flexibility index (Phi) is 15.8. The maximum absolute atomic E-state index is 13.8. The molecule has 0 saturated heterocycles. The standard InChI is InChI=1S/C32H51ClO6SSi/c1-10-11-13-18-25(39-41(8,9)32(5,6)7)19-16-17-22-28(40(36)26-20-14-12-15-21-26)27(38-29(34)23-33)24-37-30(35)31(2,3)4/h12,14-17,19-22,25,27-28H,10-11,13,18,23-24H2,1-9H3/b19-16+,22-17+/t25-,27-,28-,40?/m1/s1. The lowest BCUT2D eigenvalue weighted by Gasteiger charge is -2.38. The van der Waals surface area contributed by atoms with Crippen LogP contribution in [0.4, 0.5) is 0 Å². The minimum absolute atomic E-state index is 0.0391. The van der Waals surface area contributed by atoms with Crippen molar-refractivity contribution in [2.24, 2.45) is 5.41 Å². The van der Waals surface area contributed by atoms with E-state index in [-0.39, 0.29) is 23.6 Å². The molecule has 0 aliphatic carbocycles. The minimum Gasteiger partial charge on any atom is -0.461 e. The molecule has 0 N–H and O–H groups in total. The first-order chi connectivity index (χ1) is 19.0. The van der Waals surface area contributed by atoms with Gasteiger partial charge < -0.3 is 13.9 Å². The van der Waals surface area contributed by atoms with Crippen LogP contribution in [0, 0.1) is 5.41 Å². The molecule has 0 aliphatic rings. The van der Waals surface area contributed by atoms with Gasteiger partial charge >= 0.3 is 11.9 Å². The van der Waals surface area contributed by atoms with Gasteiger partial charge in [-0.05, 0) is 57.5 Å². The van der Waals surface area contributed by atoms with Crippen molar-refractivity contribution in [2.45, 2.75) is 115 Å². The summed E-state index contributed by atoms with van der Waals surface area (Å²) >= 11 is 5.73. The first-order valence-corrected chi connectivity index (χ1v) is 19.1. The Morgan fingerprint density at radius 3 is 2.15 bits per heavy atom. The summed E-state index contributed by atoms with van der Waals surface area (Å²) in [4.78, 5) is 25.3. The van der Waals surface area contributed by atoms with E-state index in [9.17, 15) is 13.8 Å². The minimum atomic E-state index is -1.99. The second kappa shape index (κ2) is 17.4. The highest BCUT2D eigenvalue weighted by atomic mass is 35.5. The summed E-state index contributed by atoms with van der Waals surface area (Å²) in [7, 11) is -3.60. The summed E-state index contributed by atoms with van der Waals surface area (Å²) in [6.07, 6.45) is 10.7. The third kappa shape index (κ3) is 13.4. The predicted octanol–water partition coefficient (Wildman–Crippen LogP) is 7.99. The number of carbonyl (C=O) groups is 2. The summed E-state index contributed by atoms with van der Waals surface area (Å²) in [5, 5.41) is -0.705. The lowest BCUT2D eigenvalue weighted by Crippen LogP contribution is -2.43. The molecule has 4 atom stereocenters. The van der Waals surface area contributed by atoms with E-state index in [4.69, 9.17) is 25.5 Å². The number of hydrogen-bond donors (Lipinski definition) is 0. The van der Waals surface area contributed by atoms with Crippen LogP contribution in [0.5, 0.6) is 0 Å². The molecule has 41 heavy (non-hydrogen) atoms. The molecule has 0 heterocycles. The number of unbranched alkanes of at least 4 members (excludes halogenated alkanes) is 2. The van der Waals surface area contributed by atoms with Crippen LogP contribution in [0.15, 0.2) is 59.5 Å². The van der Waals surface area contributed by atoms with Gasteiger partial charge in [-0.3, -0.25) is 13.8 Å². The molecule has 6 nitrogen and oxygen atoms in total. The van der Waals surface area contributed by atoms with Crippen molar-refractivity contribution in [1.29, 1.82) is 0 Å². The average molecular weight is 627 g/mol. The molecule has 0 radical (unpaired) electrons. The van der Waals surface area contributed by atoms with Gasteiger partial charge in [0.15, 0.2) is 14.4 Å². The Morgan fingerprint density at radius 1 is 1.00 bits per heavy atom. The van der Waals surface area contributed by atoms with Gasteiger partial charge in [0.1, 0.15) is 12.5 Å². The zero-order valence-corrected chi connectivity index (χ0v) is 29.0. The van der Waals surface area contributed by atoms with Gasteiger partial charge in [-0.2, -0.15) is 0 Å². The van der Waals surface area contributed by atoms with E-state index in [1.165, 1.54) is 0 Å². The molecule has 0 saturated carbocycles. The number of benzene rings is 1. The summed E-state index contributed by atoms with van der Waals surface area (Å²) in [5.41, 5.74) is -0.745. The Hall–Kier alpha value is -1.74. The zero-order valence-electron chi connectivity index (χ0n) is 26.4. The first kappa shape index (κ1) is 37.3. The molecule has 232 valence electrons. The largest absolute Gasteiger partial charge is 0.461 e. The second-order valence-corrected chi connectivity index (χ2v) is 19.4. The van der Waals surface area contributed by atoms with Gasteiger partial charge in [-0.25, -0.2) is 0 Å².